The summed E-state index contributed by atoms with van der Waals surface area (Å²) in [6.45, 7) is 3.37. The van der Waals surface area contributed by atoms with Crippen LogP contribution in [0.1, 0.15) is 31.9 Å². The van der Waals surface area contributed by atoms with Crippen molar-refractivity contribution in [2.45, 2.75) is 32.7 Å². The van der Waals surface area contributed by atoms with E-state index in [1.165, 1.54) is 18.9 Å². The summed E-state index contributed by atoms with van der Waals surface area (Å²) in [4.78, 5) is 8.05. The molecule has 0 atom stereocenters. The van der Waals surface area contributed by atoms with Crippen molar-refractivity contribution >= 4 is 5.96 Å². The van der Waals surface area contributed by atoms with E-state index in [2.05, 4.69) is 27.5 Å². The smallest absolute Gasteiger partial charge is 0.191 e. The number of guanidine groups is 1. The Balaban J connectivity index is 2.34. The lowest BCUT2D eigenvalue weighted by molar-refractivity contribution is 0.592. The number of aliphatic imine (C=N–C) groups is 1. The normalized spacial score (nSPS) is 11.4. The second kappa shape index (κ2) is 8.44. The van der Waals surface area contributed by atoms with Gasteiger partial charge >= 0.3 is 0 Å². The molecule has 5 heteroatoms. The standard InChI is InChI=1S/C13H21FN4/c1-3-4-5-8-17-13(15-2)18-10-12-11(14)7-6-9-16-12/h6-7,9H,3-5,8,10H2,1-2H3,(H2,15,17,18). The zero-order valence-electron chi connectivity index (χ0n) is 11.0. The molecular formula is C13H21FN4. The Morgan fingerprint density at radius 1 is 1.39 bits per heavy atom. The third kappa shape index (κ3) is 5.12. The average molecular weight is 252 g/mol. The van der Waals surface area contributed by atoms with Crippen LogP contribution in [0.2, 0.25) is 0 Å². The Labute approximate surface area is 108 Å². The molecule has 1 aromatic rings. The van der Waals surface area contributed by atoms with Crippen molar-refractivity contribution in [1.82, 2.24) is 15.6 Å². The quantitative estimate of drug-likeness (QED) is 0.463. The van der Waals surface area contributed by atoms with Crippen LogP contribution in [-0.2, 0) is 6.54 Å². The maximum atomic E-state index is 13.3. The molecule has 100 valence electrons. The van der Waals surface area contributed by atoms with Gasteiger partial charge in [-0.1, -0.05) is 19.8 Å². The minimum absolute atomic E-state index is 0.300. The highest BCUT2D eigenvalue weighted by Gasteiger charge is 2.03. The summed E-state index contributed by atoms with van der Waals surface area (Å²) in [7, 11) is 1.70. The van der Waals surface area contributed by atoms with Crippen molar-refractivity contribution in [3.05, 3.63) is 29.8 Å². The topological polar surface area (TPSA) is 49.3 Å². The highest BCUT2D eigenvalue weighted by atomic mass is 19.1. The first-order valence-electron chi connectivity index (χ1n) is 6.31. The van der Waals surface area contributed by atoms with Crippen LogP contribution in [0, 0.1) is 5.82 Å². The van der Waals surface area contributed by atoms with E-state index in [0.29, 0.717) is 18.2 Å². The van der Waals surface area contributed by atoms with Gasteiger partial charge in [-0.25, -0.2) is 4.39 Å². The zero-order chi connectivity index (χ0) is 13.2. The molecule has 0 amide bonds. The molecule has 0 bridgehead atoms. The molecule has 18 heavy (non-hydrogen) atoms. The fraction of sp³-hybridized carbons (Fsp3) is 0.538. The van der Waals surface area contributed by atoms with Gasteiger partial charge in [-0.3, -0.25) is 9.98 Å². The van der Waals surface area contributed by atoms with Gasteiger partial charge in [0.2, 0.25) is 0 Å². The summed E-state index contributed by atoms with van der Waals surface area (Å²) in [6.07, 6.45) is 5.07. The van der Waals surface area contributed by atoms with Gasteiger partial charge in [0.05, 0.1) is 12.2 Å². The summed E-state index contributed by atoms with van der Waals surface area (Å²) in [5.74, 6) is 0.377. The Hall–Kier alpha value is -1.65. The van der Waals surface area contributed by atoms with Gasteiger partial charge in [0.15, 0.2) is 5.96 Å². The summed E-state index contributed by atoms with van der Waals surface area (Å²) in [5.41, 5.74) is 0.397. The zero-order valence-corrected chi connectivity index (χ0v) is 11.0. The maximum absolute atomic E-state index is 13.3. The molecule has 0 saturated heterocycles. The number of nitrogens with one attached hydrogen (secondary N) is 2. The highest BCUT2D eigenvalue weighted by Crippen LogP contribution is 2.01. The Kier molecular flexibility index (Phi) is 6.76. The third-order valence-electron chi connectivity index (χ3n) is 2.55. The molecular weight excluding hydrogens is 231 g/mol. The van der Waals surface area contributed by atoms with Gasteiger partial charge in [-0.05, 0) is 18.6 Å². The Morgan fingerprint density at radius 2 is 2.22 bits per heavy atom. The first-order valence-corrected chi connectivity index (χ1v) is 6.31. The van der Waals surface area contributed by atoms with Crippen LogP contribution in [0.3, 0.4) is 0 Å². The van der Waals surface area contributed by atoms with Gasteiger partial charge < -0.3 is 10.6 Å². The number of aromatic nitrogens is 1. The monoisotopic (exact) mass is 252 g/mol. The highest BCUT2D eigenvalue weighted by molar-refractivity contribution is 5.79. The van der Waals surface area contributed by atoms with Gasteiger partial charge in [-0.2, -0.15) is 0 Å². The summed E-state index contributed by atoms with van der Waals surface area (Å²) >= 11 is 0. The van der Waals surface area contributed by atoms with Gasteiger partial charge in [0.1, 0.15) is 5.82 Å². The second-order valence-corrected chi connectivity index (χ2v) is 3.99. The van der Waals surface area contributed by atoms with Crippen LogP contribution in [0.25, 0.3) is 0 Å². The van der Waals surface area contributed by atoms with E-state index in [9.17, 15) is 4.39 Å². The molecule has 0 spiro atoms. The lowest BCUT2D eigenvalue weighted by Crippen LogP contribution is -2.37. The molecule has 0 unspecified atom stereocenters. The summed E-state index contributed by atoms with van der Waals surface area (Å²) in [5, 5.41) is 6.22. The van der Waals surface area contributed by atoms with Crippen LogP contribution >= 0.6 is 0 Å². The van der Waals surface area contributed by atoms with E-state index in [1.807, 2.05) is 0 Å². The maximum Gasteiger partial charge on any atom is 0.191 e. The van der Waals surface area contributed by atoms with Crippen LogP contribution in [0.5, 0.6) is 0 Å². The van der Waals surface area contributed by atoms with E-state index in [0.717, 1.165) is 13.0 Å². The van der Waals surface area contributed by atoms with E-state index >= 15 is 0 Å². The number of pyridine rings is 1. The molecule has 0 aromatic carbocycles. The van der Waals surface area contributed by atoms with Crippen molar-refractivity contribution in [2.24, 2.45) is 4.99 Å². The molecule has 4 nitrogen and oxygen atoms in total. The molecule has 0 radical (unpaired) electrons. The van der Waals surface area contributed by atoms with Crippen molar-refractivity contribution in [2.75, 3.05) is 13.6 Å². The summed E-state index contributed by atoms with van der Waals surface area (Å²) < 4.78 is 13.3. The number of rotatable bonds is 6. The van der Waals surface area contributed by atoms with E-state index < -0.39 is 0 Å². The SMILES string of the molecule is CCCCCNC(=NC)NCc1ncccc1F. The van der Waals surface area contributed by atoms with E-state index in [1.54, 1.807) is 19.3 Å². The minimum atomic E-state index is -0.300. The van der Waals surface area contributed by atoms with Crippen LogP contribution in [0.15, 0.2) is 23.3 Å². The number of nitrogens with zero attached hydrogens (tertiary/aromatic N) is 2. The molecule has 0 fully saturated rings. The number of unbranched alkanes of at least 4 members (excludes halogenated alkanes) is 2. The van der Waals surface area contributed by atoms with Crippen molar-refractivity contribution in [1.29, 1.82) is 0 Å². The first kappa shape index (κ1) is 14.4. The lowest BCUT2D eigenvalue weighted by atomic mass is 10.2. The summed E-state index contributed by atoms with van der Waals surface area (Å²) in [6, 6.07) is 2.98. The molecule has 0 aliphatic heterocycles. The van der Waals surface area contributed by atoms with Crippen LogP contribution in [-0.4, -0.2) is 24.5 Å². The molecule has 1 rings (SSSR count). The average Bonchev–Trinajstić information content (AvgIpc) is 2.40. The Bertz CT molecular complexity index is 379. The number of hydrogen-bond acceptors (Lipinski definition) is 2. The number of hydrogen-bond donors (Lipinski definition) is 2. The molecule has 1 aromatic heterocycles. The molecule has 0 saturated carbocycles. The van der Waals surface area contributed by atoms with E-state index in [4.69, 9.17) is 0 Å². The number of halogens is 1. The van der Waals surface area contributed by atoms with Gasteiger partial charge in [-0.15, -0.1) is 0 Å². The van der Waals surface area contributed by atoms with Crippen LogP contribution in [0.4, 0.5) is 4.39 Å². The Morgan fingerprint density at radius 3 is 2.89 bits per heavy atom. The second-order valence-electron chi connectivity index (χ2n) is 3.99. The lowest BCUT2D eigenvalue weighted by Gasteiger charge is -2.11. The molecule has 2 N–H and O–H groups in total. The predicted octanol–water partition coefficient (Wildman–Crippen LogP) is 2.08. The van der Waals surface area contributed by atoms with Crippen molar-refractivity contribution in [3.63, 3.8) is 0 Å². The van der Waals surface area contributed by atoms with E-state index in [-0.39, 0.29) is 5.82 Å². The third-order valence-corrected chi connectivity index (χ3v) is 2.55. The predicted molar refractivity (Wildman–Crippen MR) is 71.9 cm³/mol. The van der Waals surface area contributed by atoms with Crippen LogP contribution < -0.4 is 10.6 Å². The fourth-order valence-electron chi connectivity index (χ4n) is 1.52. The minimum Gasteiger partial charge on any atom is -0.356 e. The van der Waals surface area contributed by atoms with Crippen molar-refractivity contribution < 1.29 is 4.39 Å². The van der Waals surface area contributed by atoms with Crippen molar-refractivity contribution in [3.8, 4) is 0 Å². The molecule has 0 aliphatic rings. The molecule has 1 heterocycles. The van der Waals surface area contributed by atoms with Gasteiger partial charge in [0.25, 0.3) is 0 Å². The molecule has 0 aliphatic carbocycles. The first-order chi connectivity index (χ1) is 8.77. The fourth-order valence-corrected chi connectivity index (χ4v) is 1.52. The largest absolute Gasteiger partial charge is 0.356 e. The van der Waals surface area contributed by atoms with Gasteiger partial charge in [0, 0.05) is 19.8 Å².